The molecule has 1 fully saturated rings. The van der Waals surface area contributed by atoms with Crippen molar-refractivity contribution >= 4 is 27.5 Å². The molecule has 1 heterocycles. The standard InChI is InChI=1S/C12H16BrN3O2/c13-8-3-4-10(12(14)15-18)11(6-8)16-5-1-2-9(16)7-17/h3-4,6,9,17-18H,1-2,5,7H2,(H2,14,15). The number of amidine groups is 1. The lowest BCUT2D eigenvalue weighted by molar-refractivity contribution is 0.266. The molecule has 4 N–H and O–H groups in total. The van der Waals surface area contributed by atoms with Gasteiger partial charge in [-0.15, -0.1) is 0 Å². The summed E-state index contributed by atoms with van der Waals surface area (Å²) < 4.78 is 0.926. The van der Waals surface area contributed by atoms with Crippen LogP contribution in [0.4, 0.5) is 5.69 Å². The summed E-state index contributed by atoms with van der Waals surface area (Å²) in [6, 6.07) is 5.69. The van der Waals surface area contributed by atoms with Crippen LogP contribution in [0, 0.1) is 0 Å². The van der Waals surface area contributed by atoms with Crippen LogP contribution in [0.25, 0.3) is 0 Å². The van der Waals surface area contributed by atoms with Gasteiger partial charge in [0.2, 0.25) is 0 Å². The molecule has 0 bridgehead atoms. The number of nitrogens with two attached hydrogens (primary N) is 1. The Morgan fingerprint density at radius 2 is 2.33 bits per heavy atom. The van der Waals surface area contributed by atoms with Gasteiger partial charge in [-0.25, -0.2) is 0 Å². The molecule has 0 aromatic heterocycles. The molecule has 1 aliphatic heterocycles. The smallest absolute Gasteiger partial charge is 0.172 e. The number of hydrogen-bond acceptors (Lipinski definition) is 4. The number of aliphatic hydroxyl groups excluding tert-OH is 1. The molecule has 18 heavy (non-hydrogen) atoms. The van der Waals surface area contributed by atoms with E-state index in [0.29, 0.717) is 5.56 Å². The second-order valence-electron chi connectivity index (χ2n) is 4.32. The highest BCUT2D eigenvalue weighted by molar-refractivity contribution is 9.10. The molecule has 0 amide bonds. The van der Waals surface area contributed by atoms with Gasteiger partial charge in [-0.2, -0.15) is 0 Å². The number of anilines is 1. The third-order valence-electron chi connectivity index (χ3n) is 3.24. The van der Waals surface area contributed by atoms with Crippen molar-refractivity contribution in [2.24, 2.45) is 10.9 Å². The number of nitrogens with zero attached hydrogens (tertiary/aromatic N) is 2. The van der Waals surface area contributed by atoms with Crippen LogP contribution >= 0.6 is 15.9 Å². The van der Waals surface area contributed by atoms with Crippen molar-refractivity contribution in [3.63, 3.8) is 0 Å². The zero-order chi connectivity index (χ0) is 13.1. The number of aliphatic hydroxyl groups is 1. The van der Waals surface area contributed by atoms with Crippen molar-refractivity contribution in [3.8, 4) is 0 Å². The SMILES string of the molecule is N/C(=N/O)c1ccc(Br)cc1N1CCCC1CO. The topological polar surface area (TPSA) is 82.1 Å². The van der Waals surface area contributed by atoms with E-state index in [1.165, 1.54) is 0 Å². The van der Waals surface area contributed by atoms with E-state index in [9.17, 15) is 5.11 Å². The van der Waals surface area contributed by atoms with E-state index in [1.54, 1.807) is 6.07 Å². The molecule has 6 heteroatoms. The van der Waals surface area contributed by atoms with Crippen molar-refractivity contribution in [3.05, 3.63) is 28.2 Å². The minimum Gasteiger partial charge on any atom is -0.409 e. The second kappa shape index (κ2) is 5.58. The molecule has 5 nitrogen and oxygen atoms in total. The monoisotopic (exact) mass is 313 g/mol. The van der Waals surface area contributed by atoms with E-state index in [1.807, 2.05) is 12.1 Å². The summed E-state index contributed by atoms with van der Waals surface area (Å²) in [4.78, 5) is 2.11. The lowest BCUT2D eigenvalue weighted by Gasteiger charge is -2.27. The Bertz CT molecular complexity index is 465. The molecular formula is C12H16BrN3O2. The van der Waals surface area contributed by atoms with Gasteiger partial charge in [-0.3, -0.25) is 0 Å². The highest BCUT2D eigenvalue weighted by atomic mass is 79.9. The zero-order valence-corrected chi connectivity index (χ0v) is 11.5. The number of oxime groups is 1. The fraction of sp³-hybridized carbons (Fsp3) is 0.417. The first-order chi connectivity index (χ1) is 8.67. The zero-order valence-electron chi connectivity index (χ0n) is 9.88. The Labute approximate surface area is 114 Å². The van der Waals surface area contributed by atoms with E-state index >= 15 is 0 Å². The predicted molar refractivity (Wildman–Crippen MR) is 74.1 cm³/mol. The average Bonchev–Trinajstić information content (AvgIpc) is 2.85. The Kier molecular flexibility index (Phi) is 4.08. The summed E-state index contributed by atoms with van der Waals surface area (Å²) in [5.74, 6) is 0.0843. The predicted octanol–water partition coefficient (Wildman–Crippen LogP) is 1.50. The van der Waals surface area contributed by atoms with Gasteiger partial charge in [0.25, 0.3) is 0 Å². The summed E-state index contributed by atoms with van der Waals surface area (Å²) >= 11 is 3.42. The molecule has 1 atom stereocenters. The summed E-state index contributed by atoms with van der Waals surface area (Å²) in [5, 5.41) is 21.3. The molecular weight excluding hydrogens is 298 g/mol. The van der Waals surface area contributed by atoms with Crippen LogP contribution in [0.3, 0.4) is 0 Å². The normalized spacial score (nSPS) is 20.4. The van der Waals surface area contributed by atoms with E-state index in [4.69, 9.17) is 10.9 Å². The second-order valence-corrected chi connectivity index (χ2v) is 5.23. The van der Waals surface area contributed by atoms with Gasteiger partial charge >= 0.3 is 0 Å². The van der Waals surface area contributed by atoms with Crippen LogP contribution in [0.1, 0.15) is 18.4 Å². The lowest BCUT2D eigenvalue weighted by atomic mass is 10.1. The maximum Gasteiger partial charge on any atom is 0.172 e. The van der Waals surface area contributed by atoms with Gasteiger partial charge in [0.05, 0.1) is 12.6 Å². The van der Waals surface area contributed by atoms with E-state index in [2.05, 4.69) is 26.0 Å². The fourth-order valence-electron chi connectivity index (χ4n) is 2.36. The average molecular weight is 314 g/mol. The summed E-state index contributed by atoms with van der Waals surface area (Å²) in [7, 11) is 0. The molecule has 0 spiro atoms. The fourth-order valence-corrected chi connectivity index (χ4v) is 2.70. The minimum atomic E-state index is 0.0843. The largest absolute Gasteiger partial charge is 0.409 e. The molecule has 0 radical (unpaired) electrons. The van der Waals surface area contributed by atoms with Gasteiger partial charge in [0.1, 0.15) is 0 Å². The maximum atomic E-state index is 9.39. The minimum absolute atomic E-state index is 0.0843. The Morgan fingerprint density at radius 3 is 3.00 bits per heavy atom. The van der Waals surface area contributed by atoms with Crippen molar-refractivity contribution < 1.29 is 10.3 Å². The lowest BCUT2D eigenvalue weighted by Crippen LogP contribution is -2.34. The van der Waals surface area contributed by atoms with Gasteiger partial charge < -0.3 is 20.9 Å². The Morgan fingerprint density at radius 1 is 1.56 bits per heavy atom. The molecule has 1 aliphatic rings. The van der Waals surface area contributed by atoms with Crippen LogP contribution in [0.5, 0.6) is 0 Å². The number of hydrogen-bond donors (Lipinski definition) is 3. The number of benzene rings is 1. The van der Waals surface area contributed by atoms with E-state index in [0.717, 1.165) is 29.5 Å². The third kappa shape index (κ3) is 2.44. The Hall–Kier alpha value is -1.27. The third-order valence-corrected chi connectivity index (χ3v) is 3.73. The maximum absolute atomic E-state index is 9.39. The van der Waals surface area contributed by atoms with Gasteiger partial charge in [-0.1, -0.05) is 21.1 Å². The summed E-state index contributed by atoms with van der Waals surface area (Å²) in [6.07, 6.45) is 1.99. The molecule has 0 aliphatic carbocycles. The van der Waals surface area contributed by atoms with Crippen LogP contribution in [0.2, 0.25) is 0 Å². The van der Waals surface area contributed by atoms with E-state index < -0.39 is 0 Å². The first-order valence-electron chi connectivity index (χ1n) is 5.82. The highest BCUT2D eigenvalue weighted by Crippen LogP contribution is 2.31. The first-order valence-corrected chi connectivity index (χ1v) is 6.61. The van der Waals surface area contributed by atoms with Crippen LogP contribution in [-0.2, 0) is 0 Å². The molecule has 2 rings (SSSR count). The van der Waals surface area contributed by atoms with Gasteiger partial charge in [-0.05, 0) is 31.0 Å². The molecule has 1 unspecified atom stereocenters. The van der Waals surface area contributed by atoms with Gasteiger partial charge in [0, 0.05) is 22.3 Å². The molecule has 1 aromatic rings. The highest BCUT2D eigenvalue weighted by Gasteiger charge is 2.26. The molecule has 1 aromatic carbocycles. The number of rotatable bonds is 3. The quantitative estimate of drug-likeness (QED) is 0.342. The van der Waals surface area contributed by atoms with Crippen LogP contribution in [0.15, 0.2) is 27.8 Å². The van der Waals surface area contributed by atoms with E-state index in [-0.39, 0.29) is 18.5 Å². The first kappa shape index (κ1) is 13.2. The molecule has 1 saturated heterocycles. The summed E-state index contributed by atoms with van der Waals surface area (Å²) in [6.45, 7) is 0.982. The van der Waals surface area contributed by atoms with Crippen molar-refractivity contribution in [2.45, 2.75) is 18.9 Å². The molecule has 98 valence electrons. The van der Waals surface area contributed by atoms with Crippen molar-refractivity contribution in [2.75, 3.05) is 18.1 Å². The van der Waals surface area contributed by atoms with Crippen LogP contribution in [-0.4, -0.2) is 35.3 Å². The van der Waals surface area contributed by atoms with Crippen molar-refractivity contribution in [1.29, 1.82) is 0 Å². The summed E-state index contributed by atoms with van der Waals surface area (Å²) in [5.41, 5.74) is 7.26. The van der Waals surface area contributed by atoms with Crippen molar-refractivity contribution in [1.82, 2.24) is 0 Å². The van der Waals surface area contributed by atoms with Gasteiger partial charge in [0.15, 0.2) is 5.84 Å². The molecule has 0 saturated carbocycles. The van der Waals surface area contributed by atoms with Crippen LogP contribution < -0.4 is 10.6 Å². The number of halogens is 1. The Balaban J connectivity index is 2.44.